The second-order valence-corrected chi connectivity index (χ2v) is 8.22. The fourth-order valence-electron chi connectivity index (χ4n) is 3.86. The number of rotatable bonds is 9. The number of nitrogens with zero attached hydrogens (tertiary/aromatic N) is 3. The molecule has 9 heteroatoms. The summed E-state index contributed by atoms with van der Waals surface area (Å²) in [5, 5.41) is 9.10. The van der Waals surface area contributed by atoms with E-state index in [2.05, 4.69) is 10.3 Å². The van der Waals surface area contributed by atoms with Gasteiger partial charge in [0, 0.05) is 28.6 Å². The van der Waals surface area contributed by atoms with Gasteiger partial charge in [0.25, 0.3) is 0 Å². The molecule has 0 saturated heterocycles. The maximum atomic E-state index is 12.7. The van der Waals surface area contributed by atoms with E-state index in [-0.39, 0.29) is 12.4 Å². The van der Waals surface area contributed by atoms with Gasteiger partial charge in [-0.3, -0.25) is 4.79 Å². The van der Waals surface area contributed by atoms with E-state index in [0.717, 1.165) is 16.6 Å². The summed E-state index contributed by atoms with van der Waals surface area (Å²) < 4.78 is 23.3. The van der Waals surface area contributed by atoms with E-state index < -0.39 is 5.63 Å². The minimum absolute atomic E-state index is 0.152. The molecule has 0 unspecified atom stereocenters. The second-order valence-electron chi connectivity index (χ2n) is 8.22. The lowest BCUT2D eigenvalue weighted by atomic mass is 10.1. The minimum Gasteiger partial charge on any atom is -0.493 e. The van der Waals surface area contributed by atoms with E-state index in [9.17, 15) is 9.59 Å². The lowest BCUT2D eigenvalue weighted by molar-refractivity contribution is 0.104. The molecule has 2 heterocycles. The molecule has 0 saturated carbocycles. The van der Waals surface area contributed by atoms with Crippen LogP contribution in [0.2, 0.25) is 0 Å². The van der Waals surface area contributed by atoms with Gasteiger partial charge >= 0.3 is 5.63 Å². The first-order chi connectivity index (χ1) is 18.5. The molecule has 0 radical (unpaired) electrons. The standard InChI is InChI=1S/C29H23N3O6/c1-35-26-5-3-4-21(29(26)36-2)9-14-25(33)19-6-11-23(12-7-19)32-17-22(30-31-32)18-37-24-13-8-20-10-15-28(34)38-27(20)16-24/h3-17H,18H2,1-2H3/b14-9+. The summed E-state index contributed by atoms with van der Waals surface area (Å²) in [7, 11) is 3.12. The molecule has 0 bridgehead atoms. The van der Waals surface area contributed by atoms with Gasteiger partial charge in [-0.1, -0.05) is 17.3 Å². The molecule has 190 valence electrons. The molecule has 5 rings (SSSR count). The third-order valence-corrected chi connectivity index (χ3v) is 5.79. The van der Waals surface area contributed by atoms with Crippen molar-refractivity contribution in [3.8, 4) is 22.9 Å². The molecule has 0 aliphatic heterocycles. The molecule has 0 aliphatic carbocycles. The molecular formula is C29H23N3O6. The predicted molar refractivity (Wildman–Crippen MR) is 141 cm³/mol. The van der Waals surface area contributed by atoms with Crippen molar-refractivity contribution in [1.82, 2.24) is 15.0 Å². The van der Waals surface area contributed by atoms with Gasteiger partial charge in [-0.15, -0.1) is 5.10 Å². The van der Waals surface area contributed by atoms with E-state index in [4.69, 9.17) is 18.6 Å². The number of carbonyl (C=O) groups is 1. The van der Waals surface area contributed by atoms with Gasteiger partial charge < -0.3 is 18.6 Å². The molecule has 3 aromatic carbocycles. The molecular weight excluding hydrogens is 486 g/mol. The van der Waals surface area contributed by atoms with Gasteiger partial charge in [-0.25, -0.2) is 9.48 Å². The Bertz CT molecular complexity index is 1690. The number of fused-ring (bicyclic) bond motifs is 1. The summed E-state index contributed by atoms with van der Waals surface area (Å²) in [5.74, 6) is 1.55. The van der Waals surface area contributed by atoms with Crippen LogP contribution in [0.5, 0.6) is 17.2 Å². The largest absolute Gasteiger partial charge is 0.493 e. The van der Waals surface area contributed by atoms with E-state index in [1.54, 1.807) is 79.7 Å². The molecule has 38 heavy (non-hydrogen) atoms. The number of carbonyl (C=O) groups excluding carboxylic acids is 1. The first-order valence-corrected chi connectivity index (χ1v) is 11.7. The van der Waals surface area contributed by atoms with Crippen LogP contribution >= 0.6 is 0 Å². The zero-order valence-corrected chi connectivity index (χ0v) is 20.7. The Morgan fingerprint density at radius 3 is 2.61 bits per heavy atom. The van der Waals surface area contributed by atoms with E-state index in [1.165, 1.54) is 12.1 Å². The van der Waals surface area contributed by atoms with E-state index in [1.807, 2.05) is 18.2 Å². The Morgan fingerprint density at radius 2 is 1.82 bits per heavy atom. The normalized spacial score (nSPS) is 11.1. The molecule has 0 N–H and O–H groups in total. The SMILES string of the molecule is COc1cccc(/C=C/C(=O)c2ccc(-n3cc(COc4ccc5ccc(=O)oc5c4)nn3)cc2)c1OC. The average molecular weight is 510 g/mol. The number of allylic oxidation sites excluding steroid dienone is 1. The van der Waals surface area contributed by atoms with Crippen LogP contribution in [0, 0.1) is 0 Å². The summed E-state index contributed by atoms with van der Waals surface area (Å²) in [5.41, 5.74) is 2.64. The number of hydrogen-bond acceptors (Lipinski definition) is 8. The lowest BCUT2D eigenvalue weighted by Crippen LogP contribution is -1.98. The molecule has 0 spiro atoms. The number of ether oxygens (including phenoxy) is 3. The van der Waals surface area contributed by atoms with Gasteiger partial charge in [-0.05, 0) is 60.7 Å². The van der Waals surface area contributed by atoms with Crippen LogP contribution in [0.3, 0.4) is 0 Å². The monoisotopic (exact) mass is 509 g/mol. The van der Waals surface area contributed by atoms with Crippen LogP contribution in [0.4, 0.5) is 0 Å². The second kappa shape index (κ2) is 10.8. The van der Waals surface area contributed by atoms with Gasteiger partial charge in [0.05, 0.1) is 26.1 Å². The molecule has 2 aromatic heterocycles. The zero-order valence-electron chi connectivity index (χ0n) is 20.7. The summed E-state index contributed by atoms with van der Waals surface area (Å²) in [6, 6.07) is 20.8. The van der Waals surface area contributed by atoms with Crippen molar-refractivity contribution in [2.75, 3.05) is 14.2 Å². The van der Waals surface area contributed by atoms with Crippen LogP contribution in [0.1, 0.15) is 21.6 Å². The van der Waals surface area contributed by atoms with Crippen molar-refractivity contribution < 1.29 is 23.4 Å². The van der Waals surface area contributed by atoms with Crippen LogP contribution in [0.25, 0.3) is 22.7 Å². The highest BCUT2D eigenvalue weighted by atomic mass is 16.5. The molecule has 0 atom stereocenters. The number of benzene rings is 3. The smallest absolute Gasteiger partial charge is 0.336 e. The highest BCUT2D eigenvalue weighted by molar-refractivity contribution is 6.07. The fourth-order valence-corrected chi connectivity index (χ4v) is 3.86. The van der Waals surface area contributed by atoms with Gasteiger partial charge in [0.15, 0.2) is 17.3 Å². The Morgan fingerprint density at radius 1 is 1.00 bits per heavy atom. The summed E-state index contributed by atoms with van der Waals surface area (Å²) in [6.45, 7) is 0.178. The predicted octanol–water partition coefficient (Wildman–Crippen LogP) is 4.87. The van der Waals surface area contributed by atoms with Crippen molar-refractivity contribution >= 4 is 22.8 Å². The number of methoxy groups -OCH3 is 2. The van der Waals surface area contributed by atoms with Crippen molar-refractivity contribution in [1.29, 1.82) is 0 Å². The minimum atomic E-state index is -0.418. The summed E-state index contributed by atoms with van der Waals surface area (Å²) in [4.78, 5) is 24.2. The molecule has 0 aliphatic rings. The Balaban J connectivity index is 1.24. The molecule has 9 nitrogen and oxygen atoms in total. The van der Waals surface area contributed by atoms with Crippen LogP contribution in [-0.2, 0) is 6.61 Å². The highest BCUT2D eigenvalue weighted by Gasteiger charge is 2.10. The number of ketones is 1. The quantitative estimate of drug-likeness (QED) is 0.157. The van der Waals surface area contributed by atoms with Gasteiger partial charge in [-0.2, -0.15) is 0 Å². The third kappa shape index (κ3) is 5.31. The number of para-hydroxylation sites is 1. The topological polar surface area (TPSA) is 106 Å². The Labute approximate surface area is 217 Å². The van der Waals surface area contributed by atoms with Crippen LogP contribution < -0.4 is 19.8 Å². The molecule has 0 fully saturated rings. The van der Waals surface area contributed by atoms with E-state index in [0.29, 0.717) is 34.1 Å². The van der Waals surface area contributed by atoms with Crippen LogP contribution in [0.15, 0.2) is 94.3 Å². The molecule has 0 amide bonds. The maximum Gasteiger partial charge on any atom is 0.336 e. The third-order valence-electron chi connectivity index (χ3n) is 5.79. The van der Waals surface area contributed by atoms with Crippen molar-refractivity contribution in [2.45, 2.75) is 6.61 Å². The number of hydrogen-bond donors (Lipinski definition) is 0. The Kier molecular flexibility index (Phi) is 6.99. The van der Waals surface area contributed by atoms with Crippen molar-refractivity contribution in [3.05, 3.63) is 112 Å². The maximum absolute atomic E-state index is 12.7. The molecule has 5 aromatic rings. The van der Waals surface area contributed by atoms with Crippen molar-refractivity contribution in [3.63, 3.8) is 0 Å². The first-order valence-electron chi connectivity index (χ1n) is 11.7. The zero-order chi connectivity index (χ0) is 26.5. The summed E-state index contributed by atoms with van der Waals surface area (Å²) in [6.07, 6.45) is 4.94. The number of aromatic nitrogens is 3. The average Bonchev–Trinajstić information content (AvgIpc) is 3.43. The highest BCUT2D eigenvalue weighted by Crippen LogP contribution is 2.31. The van der Waals surface area contributed by atoms with E-state index >= 15 is 0 Å². The Hall–Kier alpha value is -5.18. The fraction of sp³-hybridized carbons (Fsp3) is 0.103. The van der Waals surface area contributed by atoms with Crippen molar-refractivity contribution in [2.24, 2.45) is 0 Å². The summed E-state index contributed by atoms with van der Waals surface area (Å²) >= 11 is 0. The van der Waals surface area contributed by atoms with Crippen LogP contribution in [-0.4, -0.2) is 35.0 Å². The van der Waals surface area contributed by atoms with Gasteiger partial charge in [0.1, 0.15) is 23.6 Å². The lowest BCUT2D eigenvalue weighted by Gasteiger charge is -2.09. The van der Waals surface area contributed by atoms with Gasteiger partial charge in [0.2, 0.25) is 0 Å². The first kappa shape index (κ1) is 24.5.